The maximum atomic E-state index is 12.7. The molecule has 0 spiro atoms. The highest BCUT2D eigenvalue weighted by molar-refractivity contribution is 5.33. The van der Waals surface area contributed by atoms with Crippen molar-refractivity contribution in [2.45, 2.75) is 31.5 Å². The molecular formula is C14H18F3NO. The Labute approximate surface area is 111 Å². The van der Waals surface area contributed by atoms with Gasteiger partial charge in [-0.15, -0.1) is 0 Å². The smallest absolute Gasteiger partial charge is 0.391 e. The van der Waals surface area contributed by atoms with E-state index in [1.54, 1.807) is 7.11 Å². The number of rotatable bonds is 3. The normalized spacial score (nSPS) is 24.2. The average Bonchev–Trinajstić information content (AvgIpc) is 2.39. The van der Waals surface area contributed by atoms with E-state index in [4.69, 9.17) is 4.74 Å². The molecule has 1 aliphatic heterocycles. The molecular weight excluding hydrogens is 255 g/mol. The van der Waals surface area contributed by atoms with Crippen LogP contribution >= 0.6 is 0 Å². The maximum Gasteiger partial charge on any atom is 0.391 e. The number of alkyl halides is 3. The van der Waals surface area contributed by atoms with Gasteiger partial charge in [0, 0.05) is 6.04 Å². The van der Waals surface area contributed by atoms with Crippen LogP contribution in [0.2, 0.25) is 0 Å². The molecule has 2 atom stereocenters. The van der Waals surface area contributed by atoms with Gasteiger partial charge in [-0.05, 0) is 37.4 Å². The molecule has 5 heteroatoms. The molecule has 0 aliphatic carbocycles. The van der Waals surface area contributed by atoms with Gasteiger partial charge in [0.15, 0.2) is 0 Å². The van der Waals surface area contributed by atoms with Gasteiger partial charge in [0.1, 0.15) is 5.75 Å². The zero-order valence-corrected chi connectivity index (χ0v) is 10.8. The highest BCUT2D eigenvalue weighted by Crippen LogP contribution is 2.35. The van der Waals surface area contributed by atoms with Gasteiger partial charge in [-0.1, -0.05) is 18.2 Å². The summed E-state index contributed by atoms with van der Waals surface area (Å²) in [4.78, 5) is 0. The van der Waals surface area contributed by atoms with Gasteiger partial charge in [-0.25, -0.2) is 0 Å². The molecule has 0 bridgehead atoms. The summed E-state index contributed by atoms with van der Waals surface area (Å²) in [6, 6.07) is 7.32. The Morgan fingerprint density at radius 2 is 2.05 bits per heavy atom. The minimum Gasteiger partial charge on any atom is -0.496 e. The Balaban J connectivity index is 2.03. The van der Waals surface area contributed by atoms with Crippen LogP contribution in [-0.4, -0.2) is 25.9 Å². The lowest BCUT2D eigenvalue weighted by Gasteiger charge is -2.31. The molecule has 2 nitrogen and oxygen atoms in total. The average molecular weight is 273 g/mol. The number of nitrogens with one attached hydrogen (secondary N) is 1. The first-order valence-electron chi connectivity index (χ1n) is 6.42. The second kappa shape index (κ2) is 5.82. The van der Waals surface area contributed by atoms with E-state index in [9.17, 15) is 13.2 Å². The van der Waals surface area contributed by atoms with Crippen LogP contribution in [0, 0.1) is 5.92 Å². The van der Waals surface area contributed by atoms with Crippen molar-refractivity contribution < 1.29 is 17.9 Å². The first-order valence-corrected chi connectivity index (χ1v) is 6.42. The molecule has 19 heavy (non-hydrogen) atoms. The molecule has 0 radical (unpaired) electrons. The summed E-state index contributed by atoms with van der Waals surface area (Å²) in [5.74, 6) is -0.452. The molecule has 1 aromatic carbocycles. The fourth-order valence-corrected chi connectivity index (χ4v) is 2.60. The quantitative estimate of drug-likeness (QED) is 0.913. The molecule has 2 rings (SSSR count). The predicted molar refractivity (Wildman–Crippen MR) is 67.3 cm³/mol. The number of piperidine rings is 1. The molecule has 106 valence electrons. The number of para-hydroxylation sites is 1. The monoisotopic (exact) mass is 273 g/mol. The number of hydrogen-bond acceptors (Lipinski definition) is 2. The largest absolute Gasteiger partial charge is 0.496 e. The molecule has 1 aromatic rings. The summed E-state index contributed by atoms with van der Waals surface area (Å²) >= 11 is 0. The van der Waals surface area contributed by atoms with Crippen LogP contribution in [0.3, 0.4) is 0 Å². The van der Waals surface area contributed by atoms with Gasteiger partial charge in [-0.3, -0.25) is 0 Å². The van der Waals surface area contributed by atoms with Crippen LogP contribution in [0.4, 0.5) is 13.2 Å². The Hall–Kier alpha value is -1.23. The molecule has 1 aliphatic rings. The summed E-state index contributed by atoms with van der Waals surface area (Å²) < 4.78 is 43.5. The van der Waals surface area contributed by atoms with Crippen LogP contribution in [0.25, 0.3) is 0 Å². The van der Waals surface area contributed by atoms with Gasteiger partial charge in [0.25, 0.3) is 0 Å². The summed E-state index contributed by atoms with van der Waals surface area (Å²) in [6.45, 7) is 0.421. The summed E-state index contributed by atoms with van der Waals surface area (Å²) in [7, 11) is 1.58. The van der Waals surface area contributed by atoms with Crippen molar-refractivity contribution in [1.29, 1.82) is 0 Å². The van der Waals surface area contributed by atoms with Crippen LogP contribution in [-0.2, 0) is 6.42 Å². The van der Waals surface area contributed by atoms with E-state index in [0.29, 0.717) is 13.0 Å². The standard InChI is InChI=1S/C14H18F3NO/c1-19-13-5-3-2-4-10(13)8-12-9-11(6-7-18-12)14(15,16)17/h2-5,11-12,18H,6-9H2,1H3. The van der Waals surface area contributed by atoms with Crippen LogP contribution in [0.1, 0.15) is 18.4 Å². The van der Waals surface area contributed by atoms with Gasteiger partial charge < -0.3 is 10.1 Å². The zero-order valence-electron chi connectivity index (χ0n) is 10.8. The first-order chi connectivity index (χ1) is 9.00. The maximum absolute atomic E-state index is 12.7. The van der Waals surface area contributed by atoms with Gasteiger partial charge in [0.05, 0.1) is 13.0 Å². The van der Waals surface area contributed by atoms with E-state index in [-0.39, 0.29) is 18.9 Å². The summed E-state index contributed by atoms with van der Waals surface area (Å²) in [5.41, 5.74) is 0.949. The van der Waals surface area contributed by atoms with Crippen LogP contribution in [0.5, 0.6) is 5.75 Å². The third-order valence-electron chi connectivity index (χ3n) is 3.62. The van der Waals surface area contributed by atoms with Crippen LogP contribution in [0.15, 0.2) is 24.3 Å². The number of hydrogen-bond donors (Lipinski definition) is 1. The first kappa shape index (κ1) is 14.2. The minimum atomic E-state index is -4.08. The highest BCUT2D eigenvalue weighted by atomic mass is 19.4. The fourth-order valence-electron chi connectivity index (χ4n) is 2.60. The lowest BCUT2D eigenvalue weighted by Crippen LogP contribution is -2.43. The molecule has 0 saturated carbocycles. The molecule has 1 heterocycles. The number of ether oxygens (including phenoxy) is 1. The van der Waals surface area contributed by atoms with E-state index in [1.807, 2.05) is 24.3 Å². The lowest BCUT2D eigenvalue weighted by atomic mass is 9.88. The Kier molecular flexibility index (Phi) is 4.34. The second-order valence-corrected chi connectivity index (χ2v) is 4.93. The van der Waals surface area contributed by atoms with Gasteiger partial charge >= 0.3 is 6.18 Å². The minimum absolute atomic E-state index is 0.140. The van der Waals surface area contributed by atoms with Crippen LogP contribution < -0.4 is 10.1 Å². The Morgan fingerprint density at radius 1 is 1.32 bits per heavy atom. The zero-order chi connectivity index (χ0) is 13.9. The molecule has 1 N–H and O–H groups in total. The van der Waals surface area contributed by atoms with E-state index < -0.39 is 12.1 Å². The van der Waals surface area contributed by atoms with Crippen molar-refractivity contribution in [3.63, 3.8) is 0 Å². The Bertz CT molecular complexity index is 419. The van der Waals surface area contributed by atoms with Gasteiger partial charge in [0.2, 0.25) is 0 Å². The summed E-state index contributed by atoms with van der Waals surface area (Å²) in [5, 5.41) is 3.17. The second-order valence-electron chi connectivity index (χ2n) is 4.93. The third kappa shape index (κ3) is 3.62. The van der Waals surface area contributed by atoms with Crippen molar-refractivity contribution in [2.24, 2.45) is 5.92 Å². The number of benzene rings is 1. The highest BCUT2D eigenvalue weighted by Gasteiger charge is 2.42. The molecule has 0 amide bonds. The van der Waals surface area contributed by atoms with E-state index >= 15 is 0 Å². The van der Waals surface area contributed by atoms with Crippen molar-refractivity contribution in [3.05, 3.63) is 29.8 Å². The Morgan fingerprint density at radius 3 is 2.74 bits per heavy atom. The lowest BCUT2D eigenvalue weighted by molar-refractivity contribution is -0.183. The van der Waals surface area contributed by atoms with Crippen molar-refractivity contribution in [3.8, 4) is 5.75 Å². The fraction of sp³-hybridized carbons (Fsp3) is 0.571. The molecule has 1 fully saturated rings. The predicted octanol–water partition coefficient (Wildman–Crippen LogP) is 3.17. The number of halogens is 3. The van der Waals surface area contributed by atoms with E-state index in [0.717, 1.165) is 11.3 Å². The van der Waals surface area contributed by atoms with E-state index in [2.05, 4.69) is 5.32 Å². The van der Waals surface area contributed by atoms with Gasteiger partial charge in [-0.2, -0.15) is 13.2 Å². The van der Waals surface area contributed by atoms with Crippen molar-refractivity contribution in [2.75, 3.05) is 13.7 Å². The molecule has 0 aromatic heterocycles. The van der Waals surface area contributed by atoms with E-state index in [1.165, 1.54) is 0 Å². The number of methoxy groups -OCH3 is 1. The summed E-state index contributed by atoms with van der Waals surface area (Å²) in [6.07, 6.45) is -3.20. The SMILES string of the molecule is COc1ccccc1CC1CC(C(F)(F)F)CCN1. The third-order valence-corrected chi connectivity index (χ3v) is 3.62. The van der Waals surface area contributed by atoms with Crippen molar-refractivity contribution >= 4 is 0 Å². The molecule has 2 unspecified atom stereocenters. The van der Waals surface area contributed by atoms with Crippen molar-refractivity contribution in [1.82, 2.24) is 5.32 Å². The molecule has 1 saturated heterocycles. The topological polar surface area (TPSA) is 21.3 Å².